The van der Waals surface area contributed by atoms with Crippen molar-refractivity contribution < 1.29 is 14.3 Å². The first-order valence-electron chi connectivity index (χ1n) is 7.22. The number of hydrogen-bond acceptors (Lipinski definition) is 5. The Labute approximate surface area is 133 Å². The van der Waals surface area contributed by atoms with E-state index in [2.05, 4.69) is 4.98 Å². The molecule has 6 heteroatoms. The van der Waals surface area contributed by atoms with Crippen molar-refractivity contribution in [2.24, 2.45) is 0 Å². The number of ether oxygens (including phenoxy) is 2. The van der Waals surface area contributed by atoms with Crippen LogP contribution in [0.2, 0.25) is 0 Å². The number of amides is 1. The molecule has 0 saturated carbocycles. The van der Waals surface area contributed by atoms with Gasteiger partial charge in [-0.25, -0.2) is 4.98 Å². The lowest BCUT2D eigenvalue weighted by atomic mass is 10.2. The third-order valence-corrected chi connectivity index (χ3v) is 4.24. The van der Waals surface area contributed by atoms with Crippen LogP contribution >= 0.6 is 11.3 Å². The molecule has 0 N–H and O–H groups in total. The summed E-state index contributed by atoms with van der Waals surface area (Å²) < 4.78 is 11.4. The quantitative estimate of drug-likeness (QED) is 0.870. The zero-order chi connectivity index (χ0) is 15.5. The summed E-state index contributed by atoms with van der Waals surface area (Å²) in [5.41, 5.74) is 0. The molecule has 0 bridgehead atoms. The van der Waals surface area contributed by atoms with E-state index in [1.165, 1.54) is 0 Å². The number of carbonyl (C=O) groups excluding carboxylic acids is 1. The van der Waals surface area contributed by atoms with Gasteiger partial charge in [-0.15, -0.1) is 11.3 Å². The number of thiazole rings is 1. The van der Waals surface area contributed by atoms with Crippen molar-refractivity contribution in [3.05, 3.63) is 40.8 Å². The summed E-state index contributed by atoms with van der Waals surface area (Å²) in [6, 6.07) is 7.47. The molecule has 0 fully saturated rings. The highest BCUT2D eigenvalue weighted by Gasteiger charge is 2.32. The van der Waals surface area contributed by atoms with Gasteiger partial charge in [0.1, 0.15) is 11.6 Å². The van der Waals surface area contributed by atoms with E-state index in [4.69, 9.17) is 9.47 Å². The van der Waals surface area contributed by atoms with E-state index in [-0.39, 0.29) is 18.6 Å². The second-order valence-corrected chi connectivity index (χ2v) is 6.33. The van der Waals surface area contributed by atoms with Gasteiger partial charge in [0.25, 0.3) is 5.91 Å². The molecule has 2 heterocycles. The van der Waals surface area contributed by atoms with Gasteiger partial charge < -0.3 is 14.4 Å². The van der Waals surface area contributed by atoms with Gasteiger partial charge in [0.15, 0.2) is 11.5 Å². The first kappa shape index (κ1) is 14.8. The zero-order valence-electron chi connectivity index (χ0n) is 12.6. The van der Waals surface area contributed by atoms with Crippen LogP contribution in [0.25, 0.3) is 0 Å². The van der Waals surface area contributed by atoms with Crippen LogP contribution in [-0.2, 0) is 11.3 Å². The van der Waals surface area contributed by atoms with Crippen LogP contribution < -0.4 is 9.47 Å². The fourth-order valence-electron chi connectivity index (χ4n) is 2.32. The van der Waals surface area contributed by atoms with Crippen molar-refractivity contribution in [1.82, 2.24) is 9.88 Å². The second-order valence-electron chi connectivity index (χ2n) is 5.35. The molecule has 116 valence electrons. The van der Waals surface area contributed by atoms with Crippen molar-refractivity contribution in [2.45, 2.75) is 32.5 Å². The standard InChI is InChI=1S/C16H18N2O3S/c1-11(2)18(9-15-17-7-8-22-15)16(19)14-10-20-12-5-3-4-6-13(12)21-14/h3-8,11,14H,9-10H2,1-2H3/t14-/m1/s1. The van der Waals surface area contributed by atoms with Crippen LogP contribution in [0.15, 0.2) is 35.8 Å². The molecule has 22 heavy (non-hydrogen) atoms. The normalized spacial score (nSPS) is 16.6. The molecule has 2 aromatic rings. The molecule has 1 aromatic heterocycles. The zero-order valence-corrected chi connectivity index (χ0v) is 13.4. The number of hydrogen-bond donors (Lipinski definition) is 0. The minimum atomic E-state index is -0.614. The van der Waals surface area contributed by atoms with Crippen molar-refractivity contribution >= 4 is 17.2 Å². The van der Waals surface area contributed by atoms with Crippen molar-refractivity contribution in [3.63, 3.8) is 0 Å². The molecule has 0 spiro atoms. The maximum atomic E-state index is 12.8. The summed E-state index contributed by atoms with van der Waals surface area (Å²) in [4.78, 5) is 18.8. The fourth-order valence-corrected chi connectivity index (χ4v) is 2.93. The molecule has 3 rings (SSSR count). The molecule has 0 saturated heterocycles. The average molecular weight is 318 g/mol. The van der Waals surface area contributed by atoms with Crippen molar-refractivity contribution in [2.75, 3.05) is 6.61 Å². The van der Waals surface area contributed by atoms with Gasteiger partial charge >= 0.3 is 0 Å². The summed E-state index contributed by atoms with van der Waals surface area (Å²) in [6.45, 7) is 4.71. The number of fused-ring (bicyclic) bond motifs is 1. The number of nitrogens with zero attached hydrogens (tertiary/aromatic N) is 2. The van der Waals surface area contributed by atoms with E-state index in [9.17, 15) is 4.79 Å². The van der Waals surface area contributed by atoms with Crippen LogP contribution in [0.5, 0.6) is 11.5 Å². The first-order valence-corrected chi connectivity index (χ1v) is 8.10. The molecule has 0 unspecified atom stereocenters. The number of aromatic nitrogens is 1. The minimum absolute atomic E-state index is 0.0668. The maximum absolute atomic E-state index is 12.8. The number of para-hydroxylation sites is 2. The highest BCUT2D eigenvalue weighted by atomic mass is 32.1. The lowest BCUT2D eigenvalue weighted by molar-refractivity contribution is -0.143. The fraction of sp³-hybridized carbons (Fsp3) is 0.375. The molecule has 5 nitrogen and oxygen atoms in total. The van der Waals surface area contributed by atoms with Crippen LogP contribution in [0.1, 0.15) is 18.9 Å². The van der Waals surface area contributed by atoms with Gasteiger partial charge in [-0.3, -0.25) is 4.79 Å². The van der Waals surface area contributed by atoms with Gasteiger partial charge in [-0.05, 0) is 26.0 Å². The molecule has 1 aliphatic heterocycles. The van der Waals surface area contributed by atoms with Crippen LogP contribution in [0.4, 0.5) is 0 Å². The molecular formula is C16H18N2O3S. The third-order valence-electron chi connectivity index (χ3n) is 3.48. The average Bonchev–Trinajstić information content (AvgIpc) is 3.04. The molecule has 1 aromatic carbocycles. The van der Waals surface area contributed by atoms with Gasteiger partial charge in [0.2, 0.25) is 6.10 Å². The van der Waals surface area contributed by atoms with E-state index in [1.54, 1.807) is 22.4 Å². The smallest absolute Gasteiger partial charge is 0.267 e. The summed E-state index contributed by atoms with van der Waals surface area (Å²) in [7, 11) is 0. The molecule has 1 atom stereocenters. The molecule has 0 radical (unpaired) electrons. The van der Waals surface area contributed by atoms with Crippen molar-refractivity contribution in [3.8, 4) is 11.5 Å². The Morgan fingerprint density at radius 1 is 1.41 bits per heavy atom. The topological polar surface area (TPSA) is 51.7 Å². The third kappa shape index (κ3) is 3.06. The maximum Gasteiger partial charge on any atom is 0.267 e. The SMILES string of the molecule is CC(C)N(Cc1nccs1)C(=O)[C@H]1COc2ccccc2O1. The largest absolute Gasteiger partial charge is 0.485 e. The van der Waals surface area contributed by atoms with Crippen molar-refractivity contribution in [1.29, 1.82) is 0 Å². The monoisotopic (exact) mass is 318 g/mol. The van der Waals surface area contributed by atoms with Gasteiger partial charge in [-0.1, -0.05) is 12.1 Å². The Kier molecular flexibility index (Phi) is 4.29. The van der Waals surface area contributed by atoms with Gasteiger partial charge in [0.05, 0.1) is 6.54 Å². The van der Waals surface area contributed by atoms with E-state index in [0.29, 0.717) is 18.0 Å². The van der Waals surface area contributed by atoms with E-state index in [0.717, 1.165) is 5.01 Å². The summed E-state index contributed by atoms with van der Waals surface area (Å²) in [6.07, 6.45) is 1.14. The number of rotatable bonds is 4. The summed E-state index contributed by atoms with van der Waals surface area (Å²) in [5, 5.41) is 2.83. The van der Waals surface area contributed by atoms with Gasteiger partial charge in [0, 0.05) is 17.6 Å². The summed E-state index contributed by atoms with van der Waals surface area (Å²) >= 11 is 1.54. The Balaban J connectivity index is 1.74. The van der Waals surface area contributed by atoms with Crippen LogP contribution in [0.3, 0.4) is 0 Å². The summed E-state index contributed by atoms with van der Waals surface area (Å²) in [5.74, 6) is 1.23. The minimum Gasteiger partial charge on any atom is -0.485 e. The first-order chi connectivity index (χ1) is 10.6. The predicted molar refractivity (Wildman–Crippen MR) is 84.2 cm³/mol. The second kappa shape index (κ2) is 6.36. The lowest BCUT2D eigenvalue weighted by Gasteiger charge is -2.32. The lowest BCUT2D eigenvalue weighted by Crippen LogP contribution is -2.48. The van der Waals surface area contributed by atoms with E-state index >= 15 is 0 Å². The van der Waals surface area contributed by atoms with E-state index in [1.807, 2.05) is 43.5 Å². The molecule has 1 aliphatic rings. The molecule has 1 amide bonds. The van der Waals surface area contributed by atoms with E-state index < -0.39 is 6.10 Å². The van der Waals surface area contributed by atoms with Crippen LogP contribution in [-0.4, -0.2) is 34.5 Å². The Hall–Kier alpha value is -2.08. The Morgan fingerprint density at radius 2 is 2.18 bits per heavy atom. The van der Waals surface area contributed by atoms with Crippen LogP contribution in [0, 0.1) is 0 Å². The number of benzene rings is 1. The highest BCUT2D eigenvalue weighted by Crippen LogP contribution is 2.31. The van der Waals surface area contributed by atoms with Gasteiger partial charge in [-0.2, -0.15) is 0 Å². The highest BCUT2D eigenvalue weighted by molar-refractivity contribution is 7.09. The number of carbonyl (C=O) groups is 1. The Morgan fingerprint density at radius 3 is 2.86 bits per heavy atom. The Bertz CT molecular complexity index is 643. The molecule has 0 aliphatic carbocycles. The predicted octanol–water partition coefficient (Wildman–Crippen LogP) is 2.72. The molecular weight excluding hydrogens is 300 g/mol.